The number of aromatic nitrogens is 4. The topological polar surface area (TPSA) is 75.6 Å². The molecule has 192 valence electrons. The van der Waals surface area contributed by atoms with Crippen LogP contribution in [0.2, 0.25) is 0 Å². The van der Waals surface area contributed by atoms with Crippen molar-refractivity contribution >= 4 is 22.6 Å². The van der Waals surface area contributed by atoms with E-state index >= 15 is 0 Å². The lowest BCUT2D eigenvalue weighted by Crippen LogP contribution is -2.34. The largest absolute Gasteiger partial charge is 0.364 e. The molecule has 0 amide bonds. The number of H-pyrrole nitrogens is 1. The summed E-state index contributed by atoms with van der Waals surface area (Å²) in [7, 11) is 2.00. The van der Waals surface area contributed by atoms with Gasteiger partial charge in [-0.15, -0.1) is 0 Å². The van der Waals surface area contributed by atoms with Crippen LogP contribution in [0.25, 0.3) is 22.7 Å². The van der Waals surface area contributed by atoms with Crippen molar-refractivity contribution < 1.29 is 4.79 Å². The minimum Gasteiger partial charge on any atom is -0.364 e. The fraction of sp³-hybridized carbons (Fsp3) is 0.621. The molecule has 2 aromatic heterocycles. The van der Waals surface area contributed by atoms with Gasteiger partial charge in [0.05, 0.1) is 11.0 Å². The molecule has 0 saturated carbocycles. The fourth-order valence-corrected chi connectivity index (χ4v) is 4.82. The number of hydrogen-bond donors (Lipinski definition) is 2. The second-order valence-electron chi connectivity index (χ2n) is 11.1. The van der Waals surface area contributed by atoms with Gasteiger partial charge in [0.15, 0.2) is 17.4 Å². The Balaban J connectivity index is 1.85. The van der Waals surface area contributed by atoms with E-state index < -0.39 is 0 Å². The Hall–Kier alpha value is -2.63. The third kappa shape index (κ3) is 6.53. The van der Waals surface area contributed by atoms with Gasteiger partial charge in [-0.05, 0) is 44.4 Å². The quantitative estimate of drug-likeness (QED) is 0.230. The molecule has 0 aliphatic carbocycles. The Morgan fingerprint density at radius 1 is 0.971 bits per heavy atom. The number of benzene rings is 1. The average Bonchev–Trinajstić information content (AvgIpc) is 3.41. The van der Waals surface area contributed by atoms with Crippen LogP contribution in [-0.4, -0.2) is 30.8 Å². The number of ketones is 1. The molecule has 0 saturated heterocycles. The van der Waals surface area contributed by atoms with Gasteiger partial charge in [0.2, 0.25) is 0 Å². The highest BCUT2D eigenvalue weighted by Gasteiger charge is 2.28. The summed E-state index contributed by atoms with van der Waals surface area (Å²) in [6.45, 7) is 13.1. The molecule has 6 nitrogen and oxygen atoms in total. The van der Waals surface area contributed by atoms with E-state index in [2.05, 4.69) is 38.0 Å². The normalized spacial score (nSPS) is 12.4. The number of rotatable bonds is 14. The second-order valence-corrected chi connectivity index (χ2v) is 11.1. The molecule has 0 unspecified atom stereocenters. The van der Waals surface area contributed by atoms with Gasteiger partial charge in [0, 0.05) is 29.8 Å². The van der Waals surface area contributed by atoms with Crippen molar-refractivity contribution in [2.45, 2.75) is 105 Å². The molecular weight excluding hydrogens is 434 g/mol. The molecule has 2 heterocycles. The standard InChI is InChI=1S/C29H45N5O/c1-8-11-16-28(4,5)25(35)21-14-15-22-23(19-21)31-26(30-22)27-32-24(20-34(27)7)33-29(6,17-12-9-2)18-13-10-3/h14-15,19-20,33H,8-13,16-18H2,1-7H3,(H,30,31). The van der Waals surface area contributed by atoms with E-state index in [1.165, 1.54) is 25.7 Å². The Kier molecular flexibility index (Phi) is 8.79. The summed E-state index contributed by atoms with van der Waals surface area (Å²) in [6.07, 6.45) is 12.1. The van der Waals surface area contributed by atoms with Gasteiger partial charge in [-0.1, -0.05) is 73.1 Å². The van der Waals surface area contributed by atoms with Crippen LogP contribution < -0.4 is 5.32 Å². The second kappa shape index (κ2) is 11.4. The number of carbonyl (C=O) groups is 1. The van der Waals surface area contributed by atoms with Gasteiger partial charge in [0.1, 0.15) is 5.82 Å². The third-order valence-corrected chi connectivity index (χ3v) is 7.20. The first-order valence-electron chi connectivity index (χ1n) is 13.5. The highest BCUT2D eigenvalue weighted by atomic mass is 16.1. The van der Waals surface area contributed by atoms with Gasteiger partial charge in [-0.2, -0.15) is 0 Å². The molecule has 0 atom stereocenters. The van der Waals surface area contributed by atoms with E-state index in [-0.39, 0.29) is 16.7 Å². The molecule has 3 rings (SSSR count). The summed E-state index contributed by atoms with van der Waals surface area (Å²) in [5.41, 5.74) is 2.11. The Morgan fingerprint density at radius 3 is 2.23 bits per heavy atom. The van der Waals surface area contributed by atoms with E-state index in [4.69, 9.17) is 9.97 Å². The maximum absolute atomic E-state index is 13.2. The zero-order valence-corrected chi connectivity index (χ0v) is 22.9. The lowest BCUT2D eigenvalue weighted by atomic mass is 9.80. The number of fused-ring (bicyclic) bond motifs is 1. The number of Topliss-reactive ketones (excluding diaryl/α,β-unsaturated/α-hetero) is 1. The van der Waals surface area contributed by atoms with Crippen LogP contribution in [0.3, 0.4) is 0 Å². The summed E-state index contributed by atoms with van der Waals surface area (Å²) in [5, 5.41) is 3.73. The molecule has 0 aliphatic rings. The number of nitrogens with one attached hydrogen (secondary N) is 2. The minimum absolute atomic E-state index is 0.0331. The number of unbranched alkanes of at least 4 members (excludes halogenated alkanes) is 3. The first kappa shape index (κ1) is 27.0. The van der Waals surface area contributed by atoms with E-state index in [0.29, 0.717) is 5.82 Å². The summed E-state index contributed by atoms with van der Waals surface area (Å²) in [4.78, 5) is 26.3. The zero-order valence-electron chi connectivity index (χ0n) is 22.9. The first-order chi connectivity index (χ1) is 16.6. The Bertz CT molecular complexity index is 1120. The maximum atomic E-state index is 13.2. The number of hydrogen-bond acceptors (Lipinski definition) is 4. The lowest BCUT2D eigenvalue weighted by molar-refractivity contribution is 0.0823. The summed E-state index contributed by atoms with van der Waals surface area (Å²) in [5.74, 6) is 2.57. The highest BCUT2D eigenvalue weighted by molar-refractivity contribution is 6.02. The maximum Gasteiger partial charge on any atom is 0.178 e. The molecule has 1 aromatic carbocycles. The summed E-state index contributed by atoms with van der Waals surface area (Å²) < 4.78 is 2.01. The number of aryl methyl sites for hydroxylation is 1. The smallest absolute Gasteiger partial charge is 0.178 e. The van der Waals surface area contributed by atoms with Crippen LogP contribution in [0.4, 0.5) is 5.82 Å². The molecule has 0 radical (unpaired) electrons. The SMILES string of the molecule is CCCCC(C)(CCCC)Nc1cn(C)c(-c2nc3ccc(C(=O)C(C)(C)CCCC)cc3[nH]2)n1. The van der Waals surface area contributed by atoms with Crippen molar-refractivity contribution in [2.75, 3.05) is 5.32 Å². The molecule has 35 heavy (non-hydrogen) atoms. The Labute approximate surface area is 211 Å². The lowest BCUT2D eigenvalue weighted by Gasteiger charge is -2.31. The molecule has 0 aliphatic heterocycles. The van der Waals surface area contributed by atoms with Crippen molar-refractivity contribution in [1.29, 1.82) is 0 Å². The molecule has 6 heteroatoms. The number of anilines is 1. The van der Waals surface area contributed by atoms with Crippen molar-refractivity contribution in [2.24, 2.45) is 12.5 Å². The van der Waals surface area contributed by atoms with Crippen LogP contribution in [0.5, 0.6) is 0 Å². The van der Waals surface area contributed by atoms with E-state index in [9.17, 15) is 4.79 Å². The predicted octanol–water partition coefficient (Wildman–Crippen LogP) is 7.91. The van der Waals surface area contributed by atoms with Crippen LogP contribution in [0.15, 0.2) is 24.4 Å². The summed E-state index contributed by atoms with van der Waals surface area (Å²) >= 11 is 0. The van der Waals surface area contributed by atoms with E-state index in [1.54, 1.807) is 0 Å². The number of carbonyl (C=O) groups excluding carboxylic acids is 1. The van der Waals surface area contributed by atoms with Gasteiger partial charge in [0.25, 0.3) is 0 Å². The van der Waals surface area contributed by atoms with Crippen LogP contribution in [0, 0.1) is 5.41 Å². The third-order valence-electron chi connectivity index (χ3n) is 7.20. The molecule has 0 bridgehead atoms. The number of nitrogens with zero attached hydrogens (tertiary/aromatic N) is 3. The monoisotopic (exact) mass is 479 g/mol. The fourth-order valence-electron chi connectivity index (χ4n) is 4.82. The van der Waals surface area contributed by atoms with Gasteiger partial charge >= 0.3 is 0 Å². The number of imidazole rings is 2. The van der Waals surface area contributed by atoms with Crippen molar-refractivity contribution in [3.05, 3.63) is 30.0 Å². The summed E-state index contributed by atoms with van der Waals surface area (Å²) in [6, 6.07) is 5.78. The molecule has 0 spiro atoms. The van der Waals surface area contributed by atoms with Gasteiger partial charge < -0.3 is 14.9 Å². The van der Waals surface area contributed by atoms with E-state index in [1.807, 2.05) is 49.9 Å². The first-order valence-corrected chi connectivity index (χ1v) is 13.5. The van der Waals surface area contributed by atoms with Crippen molar-refractivity contribution in [3.63, 3.8) is 0 Å². The highest BCUT2D eigenvalue weighted by Crippen LogP contribution is 2.31. The molecule has 3 aromatic rings. The zero-order chi connectivity index (χ0) is 25.6. The predicted molar refractivity (Wildman–Crippen MR) is 147 cm³/mol. The van der Waals surface area contributed by atoms with Crippen molar-refractivity contribution in [1.82, 2.24) is 19.5 Å². The van der Waals surface area contributed by atoms with Crippen LogP contribution in [-0.2, 0) is 7.05 Å². The van der Waals surface area contributed by atoms with Gasteiger partial charge in [-0.3, -0.25) is 4.79 Å². The van der Waals surface area contributed by atoms with Crippen LogP contribution >= 0.6 is 0 Å². The van der Waals surface area contributed by atoms with E-state index in [0.717, 1.165) is 60.3 Å². The minimum atomic E-state index is -0.366. The van der Waals surface area contributed by atoms with Crippen molar-refractivity contribution in [3.8, 4) is 11.6 Å². The molecule has 2 N–H and O–H groups in total. The van der Waals surface area contributed by atoms with Crippen LogP contribution in [0.1, 0.15) is 110 Å². The number of aromatic amines is 1. The molecular formula is C29H45N5O. The van der Waals surface area contributed by atoms with Gasteiger partial charge in [-0.25, -0.2) is 9.97 Å². The molecule has 0 fully saturated rings. The Morgan fingerprint density at radius 2 is 1.60 bits per heavy atom. The average molecular weight is 480 g/mol.